The minimum absolute atomic E-state index is 0.192. The van der Waals surface area contributed by atoms with Crippen molar-refractivity contribution in [3.63, 3.8) is 0 Å². The van der Waals surface area contributed by atoms with Crippen LogP contribution >= 0.6 is 23.2 Å². The Labute approximate surface area is 176 Å². The molecule has 0 bridgehead atoms. The molecule has 4 nitrogen and oxygen atoms in total. The summed E-state index contributed by atoms with van der Waals surface area (Å²) in [6.45, 7) is 4.12. The van der Waals surface area contributed by atoms with Crippen LogP contribution in [0.5, 0.6) is 0 Å². The molecule has 148 valence electrons. The van der Waals surface area contributed by atoms with E-state index in [1.54, 1.807) is 0 Å². The van der Waals surface area contributed by atoms with Gasteiger partial charge in [-0.2, -0.15) is 0 Å². The molecule has 4 rings (SSSR count). The summed E-state index contributed by atoms with van der Waals surface area (Å²) in [7, 11) is 0. The Balaban J connectivity index is 1.53. The standard InChI is InChI=1S/C22H24Cl2N2O2/c23-18-5-3-4-17(16-18)22(8-14-28-15-9-22)21(27)26-12-10-25(11-13-26)20-7-2-1-6-19(20)24/h1-7,16H,8-15H2. The topological polar surface area (TPSA) is 32.8 Å². The van der Waals surface area contributed by atoms with Crippen molar-refractivity contribution in [2.75, 3.05) is 44.3 Å². The summed E-state index contributed by atoms with van der Waals surface area (Å²) in [6, 6.07) is 15.6. The fourth-order valence-electron chi connectivity index (χ4n) is 4.29. The van der Waals surface area contributed by atoms with E-state index in [0.717, 1.165) is 29.4 Å². The third kappa shape index (κ3) is 3.73. The summed E-state index contributed by atoms with van der Waals surface area (Å²) >= 11 is 12.6. The van der Waals surface area contributed by atoms with Crippen molar-refractivity contribution < 1.29 is 9.53 Å². The number of hydrogen-bond acceptors (Lipinski definition) is 3. The first-order chi connectivity index (χ1) is 13.6. The van der Waals surface area contributed by atoms with Crippen LogP contribution in [-0.2, 0) is 14.9 Å². The lowest BCUT2D eigenvalue weighted by Crippen LogP contribution is -2.56. The third-order valence-electron chi connectivity index (χ3n) is 5.89. The molecule has 0 radical (unpaired) electrons. The van der Waals surface area contributed by atoms with Crippen LogP contribution in [0, 0.1) is 0 Å². The Kier molecular flexibility index (Phi) is 5.81. The molecule has 2 aliphatic heterocycles. The van der Waals surface area contributed by atoms with E-state index in [1.807, 2.05) is 53.4 Å². The van der Waals surface area contributed by atoms with E-state index in [0.29, 0.717) is 44.2 Å². The van der Waals surface area contributed by atoms with Gasteiger partial charge in [0.25, 0.3) is 0 Å². The molecule has 6 heteroatoms. The SMILES string of the molecule is O=C(N1CCN(c2ccccc2Cl)CC1)C1(c2cccc(Cl)c2)CCOCC1. The summed E-state index contributed by atoms with van der Waals surface area (Å²) in [5, 5.41) is 1.42. The molecule has 0 N–H and O–H groups in total. The van der Waals surface area contributed by atoms with Gasteiger partial charge >= 0.3 is 0 Å². The number of para-hydroxylation sites is 1. The zero-order chi connectivity index (χ0) is 19.6. The molecule has 0 aromatic heterocycles. The van der Waals surface area contributed by atoms with Crippen molar-refractivity contribution in [2.24, 2.45) is 0 Å². The molecule has 2 saturated heterocycles. The molecule has 0 aliphatic carbocycles. The predicted molar refractivity (Wildman–Crippen MR) is 113 cm³/mol. The number of nitrogens with zero attached hydrogens (tertiary/aromatic N) is 2. The first kappa shape index (κ1) is 19.6. The van der Waals surface area contributed by atoms with Gasteiger partial charge in [0, 0.05) is 44.4 Å². The number of carbonyl (C=O) groups excluding carboxylic acids is 1. The number of rotatable bonds is 3. The van der Waals surface area contributed by atoms with E-state index in [1.165, 1.54) is 0 Å². The fourth-order valence-corrected chi connectivity index (χ4v) is 4.74. The smallest absolute Gasteiger partial charge is 0.233 e. The van der Waals surface area contributed by atoms with Gasteiger partial charge in [-0.1, -0.05) is 47.5 Å². The average molecular weight is 419 g/mol. The zero-order valence-electron chi connectivity index (χ0n) is 15.7. The number of benzene rings is 2. The minimum atomic E-state index is -0.546. The molecular formula is C22H24Cl2N2O2. The van der Waals surface area contributed by atoms with Gasteiger partial charge in [0.2, 0.25) is 5.91 Å². The van der Waals surface area contributed by atoms with Crippen LogP contribution in [0.15, 0.2) is 48.5 Å². The highest BCUT2D eigenvalue weighted by molar-refractivity contribution is 6.33. The first-order valence-electron chi connectivity index (χ1n) is 9.73. The molecule has 0 unspecified atom stereocenters. The lowest BCUT2D eigenvalue weighted by molar-refractivity contribution is -0.141. The van der Waals surface area contributed by atoms with Crippen molar-refractivity contribution in [3.05, 3.63) is 64.1 Å². The highest BCUT2D eigenvalue weighted by Crippen LogP contribution is 2.38. The van der Waals surface area contributed by atoms with Crippen molar-refractivity contribution in [1.82, 2.24) is 4.90 Å². The van der Waals surface area contributed by atoms with Crippen LogP contribution < -0.4 is 4.90 Å². The Hall–Kier alpha value is -1.75. The highest BCUT2D eigenvalue weighted by atomic mass is 35.5. The second kappa shape index (κ2) is 8.32. The van der Waals surface area contributed by atoms with Gasteiger partial charge < -0.3 is 14.5 Å². The number of halogens is 2. The summed E-state index contributed by atoms with van der Waals surface area (Å²) in [6.07, 6.45) is 1.38. The lowest BCUT2D eigenvalue weighted by Gasteiger charge is -2.43. The largest absolute Gasteiger partial charge is 0.381 e. The number of carbonyl (C=O) groups is 1. The maximum absolute atomic E-state index is 13.7. The molecule has 2 fully saturated rings. The van der Waals surface area contributed by atoms with Crippen LogP contribution in [0.3, 0.4) is 0 Å². The van der Waals surface area contributed by atoms with Gasteiger partial charge in [-0.25, -0.2) is 0 Å². The van der Waals surface area contributed by atoms with Crippen molar-refractivity contribution >= 4 is 34.8 Å². The summed E-state index contributed by atoms with van der Waals surface area (Å²) in [4.78, 5) is 17.9. The van der Waals surface area contributed by atoms with E-state index in [9.17, 15) is 4.79 Å². The Morgan fingerprint density at radius 2 is 1.64 bits per heavy atom. The van der Waals surface area contributed by atoms with Crippen molar-refractivity contribution in [3.8, 4) is 0 Å². The van der Waals surface area contributed by atoms with E-state index >= 15 is 0 Å². The molecule has 2 aromatic carbocycles. The average Bonchev–Trinajstić information content (AvgIpc) is 2.74. The number of anilines is 1. The van der Waals surface area contributed by atoms with Gasteiger partial charge in [-0.3, -0.25) is 4.79 Å². The minimum Gasteiger partial charge on any atom is -0.381 e. The molecule has 0 atom stereocenters. The monoisotopic (exact) mass is 418 g/mol. The number of amides is 1. The summed E-state index contributed by atoms with van der Waals surface area (Å²) in [5.74, 6) is 0.192. The van der Waals surface area contributed by atoms with E-state index in [-0.39, 0.29) is 5.91 Å². The van der Waals surface area contributed by atoms with Gasteiger partial charge in [0.15, 0.2) is 0 Å². The second-order valence-electron chi connectivity index (χ2n) is 7.44. The second-order valence-corrected chi connectivity index (χ2v) is 8.28. The Bertz CT molecular complexity index is 844. The molecule has 1 amide bonds. The summed E-state index contributed by atoms with van der Waals surface area (Å²) < 4.78 is 5.58. The molecule has 2 heterocycles. The molecule has 0 saturated carbocycles. The van der Waals surface area contributed by atoms with E-state index in [2.05, 4.69) is 4.90 Å². The third-order valence-corrected chi connectivity index (χ3v) is 6.45. The van der Waals surface area contributed by atoms with Crippen LogP contribution in [0.2, 0.25) is 10.0 Å². The van der Waals surface area contributed by atoms with E-state index in [4.69, 9.17) is 27.9 Å². The molecular weight excluding hydrogens is 395 g/mol. The van der Waals surface area contributed by atoms with Crippen LogP contribution in [0.4, 0.5) is 5.69 Å². The maximum atomic E-state index is 13.7. The quantitative estimate of drug-likeness (QED) is 0.740. The number of piperazine rings is 1. The lowest BCUT2D eigenvalue weighted by atomic mass is 9.73. The Morgan fingerprint density at radius 3 is 2.32 bits per heavy atom. The first-order valence-corrected chi connectivity index (χ1v) is 10.5. The molecule has 2 aromatic rings. The maximum Gasteiger partial charge on any atom is 0.233 e. The Morgan fingerprint density at radius 1 is 0.929 bits per heavy atom. The fraction of sp³-hybridized carbons (Fsp3) is 0.409. The van der Waals surface area contributed by atoms with Crippen LogP contribution in [0.1, 0.15) is 18.4 Å². The van der Waals surface area contributed by atoms with Crippen LogP contribution in [0.25, 0.3) is 0 Å². The predicted octanol–water partition coefficient (Wildman–Crippen LogP) is 4.39. The normalized spacial score (nSPS) is 19.5. The van der Waals surface area contributed by atoms with Crippen molar-refractivity contribution in [1.29, 1.82) is 0 Å². The van der Waals surface area contributed by atoms with Gasteiger partial charge in [0.05, 0.1) is 16.1 Å². The van der Waals surface area contributed by atoms with Crippen molar-refractivity contribution in [2.45, 2.75) is 18.3 Å². The van der Waals surface area contributed by atoms with E-state index < -0.39 is 5.41 Å². The summed E-state index contributed by atoms with van der Waals surface area (Å²) in [5.41, 5.74) is 1.49. The number of ether oxygens (including phenoxy) is 1. The highest BCUT2D eigenvalue weighted by Gasteiger charge is 2.44. The zero-order valence-corrected chi connectivity index (χ0v) is 17.3. The van der Waals surface area contributed by atoms with Crippen LogP contribution in [-0.4, -0.2) is 50.2 Å². The van der Waals surface area contributed by atoms with Gasteiger partial charge in [0.1, 0.15) is 0 Å². The molecule has 0 spiro atoms. The number of hydrogen-bond donors (Lipinski definition) is 0. The molecule has 2 aliphatic rings. The molecule has 28 heavy (non-hydrogen) atoms. The van der Waals surface area contributed by atoms with Gasteiger partial charge in [-0.15, -0.1) is 0 Å². The van der Waals surface area contributed by atoms with Gasteiger partial charge in [-0.05, 0) is 42.7 Å².